The van der Waals surface area contributed by atoms with Gasteiger partial charge in [0.1, 0.15) is 6.54 Å². The second kappa shape index (κ2) is 5.62. The van der Waals surface area contributed by atoms with Gasteiger partial charge >= 0.3 is 0 Å². The molecule has 1 aromatic carbocycles. The molecule has 3 aromatic rings. The fourth-order valence-corrected chi connectivity index (χ4v) is 3.04. The molecule has 1 aliphatic heterocycles. The molecular weight excluding hydrogens is 294 g/mol. The van der Waals surface area contributed by atoms with Crippen molar-refractivity contribution in [2.45, 2.75) is 25.8 Å². The average molecular weight is 311 g/mol. The number of hydrogen-bond donors (Lipinski definition) is 0. The third kappa shape index (κ3) is 2.55. The Bertz CT molecular complexity index is 907. The van der Waals surface area contributed by atoms with E-state index in [4.69, 9.17) is 9.26 Å². The zero-order valence-electron chi connectivity index (χ0n) is 12.9. The number of hydrogen-bond acceptors (Lipinski definition) is 5. The minimum atomic E-state index is -0.0647. The maximum atomic E-state index is 12.4. The van der Waals surface area contributed by atoms with E-state index in [0.29, 0.717) is 18.3 Å². The summed E-state index contributed by atoms with van der Waals surface area (Å²) >= 11 is 0. The predicted octanol–water partition coefficient (Wildman–Crippen LogP) is 2.25. The Kier molecular flexibility index (Phi) is 3.46. The zero-order chi connectivity index (χ0) is 15.8. The second-order valence-corrected chi connectivity index (χ2v) is 5.88. The van der Waals surface area contributed by atoms with Crippen LogP contribution >= 0.6 is 0 Å². The van der Waals surface area contributed by atoms with Crippen molar-refractivity contribution in [2.24, 2.45) is 0 Å². The van der Waals surface area contributed by atoms with E-state index in [-0.39, 0.29) is 18.0 Å². The number of ether oxygens (including phenoxy) is 1. The highest BCUT2D eigenvalue weighted by molar-refractivity contribution is 5.82. The van der Waals surface area contributed by atoms with Gasteiger partial charge in [-0.3, -0.25) is 9.36 Å². The average Bonchev–Trinajstić information content (AvgIpc) is 3.22. The summed E-state index contributed by atoms with van der Waals surface area (Å²) in [6.07, 6.45) is 0.909. The second-order valence-electron chi connectivity index (χ2n) is 5.88. The first-order valence-electron chi connectivity index (χ1n) is 7.72. The number of aromatic nitrogens is 3. The van der Waals surface area contributed by atoms with Crippen LogP contribution < -0.4 is 5.56 Å². The molecule has 6 nitrogen and oxygen atoms in total. The van der Waals surface area contributed by atoms with Gasteiger partial charge in [0.15, 0.2) is 5.82 Å². The molecule has 118 valence electrons. The molecule has 0 N–H and O–H groups in total. The Morgan fingerprint density at radius 1 is 1.35 bits per heavy atom. The van der Waals surface area contributed by atoms with Gasteiger partial charge in [-0.1, -0.05) is 23.4 Å². The van der Waals surface area contributed by atoms with E-state index in [2.05, 4.69) is 10.1 Å². The van der Waals surface area contributed by atoms with Crippen molar-refractivity contribution in [1.29, 1.82) is 0 Å². The monoisotopic (exact) mass is 311 g/mol. The molecule has 2 aromatic heterocycles. The van der Waals surface area contributed by atoms with Gasteiger partial charge in [-0.25, -0.2) is 0 Å². The van der Waals surface area contributed by atoms with Crippen molar-refractivity contribution in [2.75, 3.05) is 13.2 Å². The third-order valence-corrected chi connectivity index (χ3v) is 4.30. The quantitative estimate of drug-likeness (QED) is 0.742. The molecule has 0 radical (unpaired) electrons. The summed E-state index contributed by atoms with van der Waals surface area (Å²) in [5.74, 6) is 1.31. The minimum Gasteiger partial charge on any atom is -0.381 e. The predicted molar refractivity (Wildman–Crippen MR) is 84.5 cm³/mol. The number of fused-ring (bicyclic) bond motifs is 1. The fraction of sp³-hybridized carbons (Fsp3) is 0.353. The molecule has 0 aliphatic carbocycles. The van der Waals surface area contributed by atoms with Gasteiger partial charge in [0.05, 0.1) is 12.1 Å². The molecule has 1 aliphatic rings. The SMILES string of the molecule is Cc1cc(=O)n(Cc2nc([C@H]3CCOC3)no2)c2ccccc12. The van der Waals surface area contributed by atoms with E-state index in [1.54, 1.807) is 10.6 Å². The molecule has 1 fully saturated rings. The van der Waals surface area contributed by atoms with Crippen LogP contribution in [-0.2, 0) is 11.3 Å². The normalized spacial score (nSPS) is 17.9. The Balaban J connectivity index is 1.72. The topological polar surface area (TPSA) is 70.2 Å². The van der Waals surface area contributed by atoms with Crippen LogP contribution in [0.15, 0.2) is 39.6 Å². The summed E-state index contributed by atoms with van der Waals surface area (Å²) < 4.78 is 12.4. The van der Waals surface area contributed by atoms with Gasteiger partial charge in [-0.15, -0.1) is 0 Å². The van der Waals surface area contributed by atoms with E-state index in [0.717, 1.165) is 29.5 Å². The number of benzene rings is 1. The highest BCUT2D eigenvalue weighted by Crippen LogP contribution is 2.23. The van der Waals surface area contributed by atoms with E-state index in [1.807, 2.05) is 31.2 Å². The number of nitrogens with zero attached hydrogens (tertiary/aromatic N) is 3. The first-order chi connectivity index (χ1) is 11.2. The van der Waals surface area contributed by atoms with E-state index in [9.17, 15) is 4.79 Å². The maximum Gasteiger partial charge on any atom is 0.251 e. The number of aryl methyl sites for hydroxylation is 1. The molecule has 4 rings (SSSR count). The van der Waals surface area contributed by atoms with Gasteiger partial charge in [0.25, 0.3) is 5.56 Å². The molecule has 0 unspecified atom stereocenters. The number of para-hydroxylation sites is 1. The van der Waals surface area contributed by atoms with Crippen LogP contribution in [0.2, 0.25) is 0 Å². The van der Waals surface area contributed by atoms with Gasteiger partial charge in [-0.2, -0.15) is 4.98 Å². The summed E-state index contributed by atoms with van der Waals surface area (Å²) in [4.78, 5) is 16.8. The highest BCUT2D eigenvalue weighted by atomic mass is 16.5. The van der Waals surface area contributed by atoms with Crippen LogP contribution in [0, 0.1) is 6.92 Å². The lowest BCUT2D eigenvalue weighted by Gasteiger charge is -2.09. The summed E-state index contributed by atoms with van der Waals surface area (Å²) in [5, 5.41) is 5.09. The number of pyridine rings is 1. The molecule has 23 heavy (non-hydrogen) atoms. The molecule has 1 atom stereocenters. The van der Waals surface area contributed by atoms with Crippen molar-refractivity contribution < 1.29 is 9.26 Å². The molecule has 0 bridgehead atoms. The molecule has 0 amide bonds. The third-order valence-electron chi connectivity index (χ3n) is 4.30. The molecule has 0 saturated carbocycles. The molecule has 0 spiro atoms. The summed E-state index contributed by atoms with van der Waals surface area (Å²) in [7, 11) is 0. The summed E-state index contributed by atoms with van der Waals surface area (Å²) in [6.45, 7) is 3.59. The summed E-state index contributed by atoms with van der Waals surface area (Å²) in [6, 6.07) is 9.48. The van der Waals surface area contributed by atoms with Crippen molar-refractivity contribution in [1.82, 2.24) is 14.7 Å². The van der Waals surface area contributed by atoms with Crippen LogP contribution in [0.3, 0.4) is 0 Å². The first kappa shape index (κ1) is 14.1. The van der Waals surface area contributed by atoms with E-state index >= 15 is 0 Å². The van der Waals surface area contributed by atoms with Crippen LogP contribution in [-0.4, -0.2) is 27.9 Å². The standard InChI is InChI=1S/C17H17N3O3/c1-11-8-16(21)20(14-5-3-2-4-13(11)14)9-15-18-17(19-23-15)12-6-7-22-10-12/h2-5,8,12H,6-7,9-10H2,1H3/t12-/m0/s1. The van der Waals surface area contributed by atoms with Crippen LogP contribution in [0.5, 0.6) is 0 Å². The Morgan fingerprint density at radius 2 is 2.22 bits per heavy atom. The van der Waals surface area contributed by atoms with Gasteiger partial charge in [0.2, 0.25) is 5.89 Å². The molecule has 6 heteroatoms. The zero-order valence-corrected chi connectivity index (χ0v) is 12.9. The largest absolute Gasteiger partial charge is 0.381 e. The molecular formula is C17H17N3O3. The van der Waals surface area contributed by atoms with Crippen molar-refractivity contribution >= 4 is 10.9 Å². The Hall–Kier alpha value is -2.47. The minimum absolute atomic E-state index is 0.0647. The van der Waals surface area contributed by atoms with Crippen LogP contribution in [0.25, 0.3) is 10.9 Å². The van der Waals surface area contributed by atoms with E-state index in [1.165, 1.54) is 0 Å². The lowest BCUT2D eigenvalue weighted by atomic mass is 10.1. The molecule has 1 saturated heterocycles. The van der Waals surface area contributed by atoms with Gasteiger partial charge in [0, 0.05) is 24.0 Å². The van der Waals surface area contributed by atoms with Crippen molar-refractivity contribution in [3.05, 3.63) is 58.0 Å². The first-order valence-corrected chi connectivity index (χ1v) is 7.72. The van der Waals surface area contributed by atoms with Crippen molar-refractivity contribution in [3.63, 3.8) is 0 Å². The van der Waals surface area contributed by atoms with Gasteiger partial charge in [-0.05, 0) is 25.0 Å². The summed E-state index contributed by atoms with van der Waals surface area (Å²) in [5.41, 5.74) is 1.78. The molecule has 3 heterocycles. The lowest BCUT2D eigenvalue weighted by Crippen LogP contribution is -2.21. The maximum absolute atomic E-state index is 12.4. The van der Waals surface area contributed by atoms with E-state index < -0.39 is 0 Å². The van der Waals surface area contributed by atoms with Crippen molar-refractivity contribution in [3.8, 4) is 0 Å². The highest BCUT2D eigenvalue weighted by Gasteiger charge is 2.23. The number of rotatable bonds is 3. The van der Waals surface area contributed by atoms with Gasteiger partial charge < -0.3 is 9.26 Å². The van der Waals surface area contributed by atoms with Crippen LogP contribution in [0.1, 0.15) is 29.6 Å². The van der Waals surface area contributed by atoms with Crippen LogP contribution in [0.4, 0.5) is 0 Å². The Morgan fingerprint density at radius 3 is 3.04 bits per heavy atom. The Labute approximate surface area is 132 Å². The fourth-order valence-electron chi connectivity index (χ4n) is 3.04. The lowest BCUT2D eigenvalue weighted by molar-refractivity contribution is 0.192. The smallest absolute Gasteiger partial charge is 0.251 e.